The number of carboxylic acid groups (broad SMARTS) is 1. The zero-order valence-corrected chi connectivity index (χ0v) is 26.7. The zero-order valence-electron chi connectivity index (χ0n) is 26.7. The molecule has 2 saturated heterocycles. The van der Waals surface area contributed by atoms with E-state index in [2.05, 4.69) is 32.1 Å². The molecule has 7 nitrogen and oxygen atoms in total. The second-order valence-electron chi connectivity index (χ2n) is 13.2. The Kier molecular flexibility index (Phi) is 9.41. The molecule has 0 unspecified atom stereocenters. The first-order valence-electron chi connectivity index (χ1n) is 16.6. The third-order valence-corrected chi connectivity index (χ3v) is 10.1. The van der Waals surface area contributed by atoms with E-state index < -0.39 is 5.97 Å². The van der Waals surface area contributed by atoms with Gasteiger partial charge in [0.05, 0.1) is 24.5 Å². The van der Waals surface area contributed by atoms with Crippen molar-refractivity contribution in [3.63, 3.8) is 0 Å². The molecular weight excluding hydrogens is 578 g/mol. The molecule has 46 heavy (non-hydrogen) atoms. The Morgan fingerprint density at radius 3 is 2.39 bits per heavy atom. The normalized spacial score (nSPS) is 23.0. The van der Waals surface area contributed by atoms with Crippen LogP contribution < -0.4 is 0 Å². The van der Waals surface area contributed by atoms with Crippen molar-refractivity contribution in [2.24, 2.45) is 23.7 Å². The van der Waals surface area contributed by atoms with Gasteiger partial charge in [-0.1, -0.05) is 92.6 Å². The van der Waals surface area contributed by atoms with Crippen LogP contribution in [0, 0.1) is 23.7 Å². The number of carbonyl (C=O) groups is 3. The minimum absolute atomic E-state index is 0.0793. The largest absolute Gasteiger partial charge is 0.507 e. The second-order valence-corrected chi connectivity index (χ2v) is 13.2. The number of benzene rings is 3. The summed E-state index contributed by atoms with van der Waals surface area (Å²) in [6.45, 7) is 5.13. The third-order valence-electron chi connectivity index (χ3n) is 10.1. The molecule has 1 aliphatic carbocycles. The number of imide groups is 1. The van der Waals surface area contributed by atoms with Crippen molar-refractivity contribution in [3.05, 3.63) is 89.0 Å². The van der Waals surface area contributed by atoms with Crippen LogP contribution in [0.5, 0.6) is 5.75 Å². The number of phenolic OH excluding ortho intramolecular Hbond substituents is 1. The molecule has 0 radical (unpaired) electrons. The summed E-state index contributed by atoms with van der Waals surface area (Å²) < 4.78 is 6.51. The lowest BCUT2D eigenvalue weighted by atomic mass is 9.67. The van der Waals surface area contributed by atoms with Crippen molar-refractivity contribution in [1.29, 1.82) is 0 Å². The van der Waals surface area contributed by atoms with Gasteiger partial charge in [-0.25, -0.2) is 0 Å². The van der Waals surface area contributed by atoms with Gasteiger partial charge in [0.15, 0.2) is 0 Å². The number of amides is 2. The van der Waals surface area contributed by atoms with Gasteiger partial charge < -0.3 is 14.9 Å². The van der Waals surface area contributed by atoms with E-state index in [1.165, 1.54) is 21.6 Å². The number of ether oxygens (including phenoxy) is 1. The molecule has 6 rings (SSSR count). The fourth-order valence-corrected chi connectivity index (χ4v) is 7.83. The van der Waals surface area contributed by atoms with Crippen LogP contribution in [-0.2, 0) is 19.1 Å². The topological polar surface area (TPSA) is 104 Å². The van der Waals surface area contributed by atoms with E-state index in [1.807, 2.05) is 48.5 Å². The molecule has 0 aromatic heterocycles. The number of aromatic hydroxyl groups is 1. The average molecular weight is 622 g/mol. The van der Waals surface area contributed by atoms with E-state index in [-0.39, 0.29) is 53.8 Å². The summed E-state index contributed by atoms with van der Waals surface area (Å²) in [5, 5.41) is 21.2. The maximum Gasteiger partial charge on any atom is 0.303 e. The SMILES string of the molecule is CC(C)C1=C2[C@@H](CC/C(=C/c3ccc(O)c4ccccc34)c3ccccc3)OC[C@@H]2[C@@H]2C(=O)N(CCCCCC(=O)O)C(=O)[C@@H]2C1. The smallest absolute Gasteiger partial charge is 0.303 e. The van der Waals surface area contributed by atoms with Gasteiger partial charge in [-0.3, -0.25) is 19.3 Å². The third kappa shape index (κ3) is 6.25. The molecule has 3 aliphatic rings. The summed E-state index contributed by atoms with van der Waals surface area (Å²) in [7, 11) is 0. The molecular formula is C39H43NO6. The van der Waals surface area contributed by atoms with Gasteiger partial charge in [0, 0.05) is 24.3 Å². The summed E-state index contributed by atoms with van der Waals surface area (Å²) in [4.78, 5) is 39.6. The summed E-state index contributed by atoms with van der Waals surface area (Å²) >= 11 is 0. The van der Waals surface area contributed by atoms with Crippen LogP contribution in [0.15, 0.2) is 77.9 Å². The highest BCUT2D eigenvalue weighted by atomic mass is 16.5. The maximum atomic E-state index is 13.7. The zero-order chi connectivity index (χ0) is 32.4. The van der Waals surface area contributed by atoms with Gasteiger partial charge in [0.1, 0.15) is 5.75 Å². The van der Waals surface area contributed by atoms with Crippen molar-refractivity contribution in [3.8, 4) is 5.75 Å². The first kappa shape index (κ1) is 31.7. The molecule has 4 atom stereocenters. The van der Waals surface area contributed by atoms with Crippen LogP contribution in [0.4, 0.5) is 0 Å². The molecule has 2 fully saturated rings. The Labute approximate surface area is 270 Å². The van der Waals surface area contributed by atoms with Gasteiger partial charge in [-0.05, 0) is 71.7 Å². The number of nitrogens with zero attached hydrogens (tertiary/aromatic N) is 1. The quantitative estimate of drug-likeness (QED) is 0.0940. The van der Waals surface area contributed by atoms with E-state index in [0.29, 0.717) is 38.8 Å². The summed E-state index contributed by atoms with van der Waals surface area (Å²) in [6.07, 6.45) is 6.14. The predicted molar refractivity (Wildman–Crippen MR) is 179 cm³/mol. The lowest BCUT2D eigenvalue weighted by Gasteiger charge is -2.33. The molecule has 7 heteroatoms. The number of unbranched alkanes of at least 4 members (excludes halogenated alkanes) is 2. The number of carboxylic acids is 1. The van der Waals surface area contributed by atoms with E-state index in [1.54, 1.807) is 6.07 Å². The number of hydrogen-bond acceptors (Lipinski definition) is 5. The molecule has 2 N–H and O–H groups in total. The van der Waals surface area contributed by atoms with Crippen molar-refractivity contribution >= 4 is 40.2 Å². The molecule has 0 bridgehead atoms. The molecule has 2 amide bonds. The first-order chi connectivity index (χ1) is 22.2. The number of hydrogen-bond donors (Lipinski definition) is 2. The number of likely N-dealkylation sites (tertiary alicyclic amines) is 1. The number of phenols is 1. The molecule has 2 heterocycles. The molecule has 0 saturated carbocycles. The van der Waals surface area contributed by atoms with Crippen LogP contribution in [-0.4, -0.2) is 52.2 Å². The lowest BCUT2D eigenvalue weighted by Crippen LogP contribution is -2.35. The molecule has 3 aromatic rings. The van der Waals surface area contributed by atoms with Crippen molar-refractivity contribution in [2.75, 3.05) is 13.2 Å². The summed E-state index contributed by atoms with van der Waals surface area (Å²) in [5.41, 5.74) is 5.82. The highest BCUT2D eigenvalue weighted by Crippen LogP contribution is 2.51. The van der Waals surface area contributed by atoms with Crippen molar-refractivity contribution in [2.45, 2.75) is 64.9 Å². The van der Waals surface area contributed by atoms with E-state index in [9.17, 15) is 19.5 Å². The number of aliphatic carboxylic acids is 1. The summed E-state index contributed by atoms with van der Waals surface area (Å²) in [5.74, 6) is -1.32. The Morgan fingerprint density at radius 1 is 0.913 bits per heavy atom. The molecule has 0 spiro atoms. The van der Waals surface area contributed by atoms with Gasteiger partial charge in [-0.2, -0.15) is 0 Å². The second kappa shape index (κ2) is 13.6. The van der Waals surface area contributed by atoms with E-state index >= 15 is 0 Å². The average Bonchev–Trinajstić information content (AvgIpc) is 3.58. The van der Waals surface area contributed by atoms with Crippen LogP contribution in [0.25, 0.3) is 22.4 Å². The van der Waals surface area contributed by atoms with Gasteiger partial charge >= 0.3 is 5.97 Å². The van der Waals surface area contributed by atoms with Crippen LogP contribution >= 0.6 is 0 Å². The Morgan fingerprint density at radius 2 is 1.65 bits per heavy atom. The minimum Gasteiger partial charge on any atom is -0.507 e. The Hall–Kier alpha value is -4.23. The molecule has 3 aromatic carbocycles. The fraction of sp³-hybridized carbons (Fsp3) is 0.410. The minimum atomic E-state index is -0.824. The van der Waals surface area contributed by atoms with Crippen LogP contribution in [0.1, 0.15) is 69.9 Å². The van der Waals surface area contributed by atoms with Gasteiger partial charge in [0.25, 0.3) is 0 Å². The lowest BCUT2D eigenvalue weighted by molar-refractivity contribution is -0.141. The highest BCUT2D eigenvalue weighted by molar-refractivity contribution is 6.06. The highest BCUT2D eigenvalue weighted by Gasteiger charge is 2.56. The number of allylic oxidation sites excluding steroid dienone is 2. The molecule has 240 valence electrons. The Balaban J connectivity index is 1.24. The monoisotopic (exact) mass is 621 g/mol. The number of carbonyl (C=O) groups excluding carboxylic acids is 2. The van der Waals surface area contributed by atoms with Gasteiger partial charge in [0.2, 0.25) is 11.8 Å². The van der Waals surface area contributed by atoms with E-state index in [0.717, 1.165) is 34.7 Å². The first-order valence-corrected chi connectivity index (χ1v) is 16.6. The van der Waals surface area contributed by atoms with Crippen LogP contribution in [0.3, 0.4) is 0 Å². The Bertz CT molecular complexity index is 1690. The standard InChI is InChI=1S/C39H43NO6/c1-24(2)30-22-31-37(39(45)40(38(31)44)20-10-4-7-15-35(42)43)32-23-46-34(36(30)32)19-17-26(25-11-5-3-6-12-25)21-27-16-18-33(41)29-14-9-8-13-28(27)29/h3,5-6,8-9,11-14,16,18,21,24,31-32,34,37,41H,4,7,10,15,17,19-20,22-23H2,1-2H3,(H,42,43)/b26-21-/t31-,32+,34-,37-/m1/s1. The predicted octanol–water partition coefficient (Wildman–Crippen LogP) is 7.48. The van der Waals surface area contributed by atoms with E-state index in [4.69, 9.17) is 9.84 Å². The summed E-state index contributed by atoms with van der Waals surface area (Å²) in [6, 6.07) is 21.9. The number of rotatable bonds is 12. The van der Waals surface area contributed by atoms with Crippen LogP contribution in [0.2, 0.25) is 0 Å². The fourth-order valence-electron chi connectivity index (χ4n) is 7.83. The van der Waals surface area contributed by atoms with Gasteiger partial charge in [-0.15, -0.1) is 0 Å². The molecule has 2 aliphatic heterocycles. The van der Waals surface area contributed by atoms with Crippen molar-refractivity contribution in [1.82, 2.24) is 4.90 Å². The number of fused-ring (bicyclic) bond motifs is 4. The van der Waals surface area contributed by atoms with Crippen molar-refractivity contribution < 1.29 is 29.3 Å². The maximum absolute atomic E-state index is 13.7.